The van der Waals surface area contributed by atoms with Crippen LogP contribution in [0.5, 0.6) is 5.88 Å². The van der Waals surface area contributed by atoms with Crippen LogP contribution in [-0.4, -0.2) is 64.6 Å². The lowest BCUT2D eigenvalue weighted by molar-refractivity contribution is -0.126. The van der Waals surface area contributed by atoms with Gasteiger partial charge in [0.15, 0.2) is 5.82 Å². The van der Waals surface area contributed by atoms with Crippen molar-refractivity contribution < 1.29 is 14.3 Å². The molecule has 8 nitrogen and oxygen atoms in total. The standard InChI is InChI=1S/C21H23N5O3/c1-3-29-18-9-8-17(23-24-18)25-10-12-26(13-11-25)21(28)20(27)19-14(2)22-16-7-5-4-6-15(16)19/h4-9,22H,3,10-13H2,1-2H3. The number of aryl methyl sites for hydroxylation is 1. The Morgan fingerprint density at radius 1 is 1.07 bits per heavy atom. The Kier molecular flexibility index (Phi) is 5.16. The highest BCUT2D eigenvalue weighted by atomic mass is 16.5. The van der Waals surface area contributed by atoms with E-state index in [4.69, 9.17) is 4.74 Å². The number of Topliss-reactive ketones (excluding diaryl/α,β-unsaturated/α-hetero) is 1. The normalized spacial score (nSPS) is 14.3. The molecule has 0 radical (unpaired) electrons. The summed E-state index contributed by atoms with van der Waals surface area (Å²) in [5, 5.41) is 9.02. The molecule has 4 rings (SSSR count). The number of fused-ring (bicyclic) bond motifs is 1. The highest BCUT2D eigenvalue weighted by molar-refractivity contribution is 6.45. The largest absolute Gasteiger partial charge is 0.477 e. The van der Waals surface area contributed by atoms with Gasteiger partial charge in [0, 0.05) is 48.8 Å². The zero-order valence-corrected chi connectivity index (χ0v) is 16.5. The number of hydrogen-bond donors (Lipinski definition) is 1. The molecule has 1 amide bonds. The summed E-state index contributed by atoms with van der Waals surface area (Å²) >= 11 is 0. The number of H-pyrrole nitrogens is 1. The Hall–Kier alpha value is -3.42. The number of benzene rings is 1. The summed E-state index contributed by atoms with van der Waals surface area (Å²) in [6.45, 7) is 6.36. The number of carbonyl (C=O) groups excluding carboxylic acids is 2. The molecule has 0 spiro atoms. The maximum Gasteiger partial charge on any atom is 0.295 e. The lowest BCUT2D eigenvalue weighted by atomic mass is 10.1. The van der Waals surface area contributed by atoms with Crippen molar-refractivity contribution in [3.8, 4) is 5.88 Å². The number of amides is 1. The van der Waals surface area contributed by atoms with Gasteiger partial charge in [0.2, 0.25) is 5.88 Å². The lowest BCUT2D eigenvalue weighted by Crippen LogP contribution is -2.51. The second-order valence-electron chi connectivity index (χ2n) is 6.94. The highest BCUT2D eigenvalue weighted by Gasteiger charge is 2.30. The molecule has 150 valence electrons. The molecule has 3 aromatic rings. The molecule has 0 atom stereocenters. The van der Waals surface area contributed by atoms with E-state index in [9.17, 15) is 9.59 Å². The Bertz CT molecular complexity index is 1040. The number of para-hydroxylation sites is 1. The minimum Gasteiger partial charge on any atom is -0.477 e. The quantitative estimate of drug-likeness (QED) is 0.528. The summed E-state index contributed by atoms with van der Waals surface area (Å²) in [5.74, 6) is 0.300. The summed E-state index contributed by atoms with van der Waals surface area (Å²) in [7, 11) is 0. The van der Waals surface area contributed by atoms with Crippen LogP contribution in [0.2, 0.25) is 0 Å². The van der Waals surface area contributed by atoms with Crippen LogP contribution in [0.15, 0.2) is 36.4 Å². The second-order valence-corrected chi connectivity index (χ2v) is 6.94. The Labute approximate surface area is 168 Å². The first-order valence-electron chi connectivity index (χ1n) is 9.71. The number of nitrogens with one attached hydrogen (secondary N) is 1. The van der Waals surface area contributed by atoms with Crippen LogP contribution in [-0.2, 0) is 4.79 Å². The van der Waals surface area contributed by atoms with Gasteiger partial charge in [0.05, 0.1) is 12.2 Å². The monoisotopic (exact) mass is 393 g/mol. The van der Waals surface area contributed by atoms with Crippen molar-refractivity contribution >= 4 is 28.4 Å². The van der Waals surface area contributed by atoms with E-state index in [1.54, 1.807) is 11.0 Å². The number of piperazine rings is 1. The summed E-state index contributed by atoms with van der Waals surface area (Å²) in [6, 6.07) is 11.2. The average molecular weight is 393 g/mol. The van der Waals surface area contributed by atoms with Crippen molar-refractivity contribution in [2.24, 2.45) is 0 Å². The van der Waals surface area contributed by atoms with E-state index in [-0.39, 0.29) is 0 Å². The molecule has 1 aliphatic heterocycles. The molecule has 0 unspecified atom stereocenters. The fraction of sp³-hybridized carbons (Fsp3) is 0.333. The molecule has 8 heteroatoms. The zero-order valence-electron chi connectivity index (χ0n) is 16.5. The Morgan fingerprint density at radius 2 is 1.83 bits per heavy atom. The minimum absolute atomic E-state index is 0.459. The van der Waals surface area contributed by atoms with Gasteiger partial charge in [-0.15, -0.1) is 10.2 Å². The average Bonchev–Trinajstić information content (AvgIpc) is 3.09. The van der Waals surface area contributed by atoms with Gasteiger partial charge in [-0.05, 0) is 26.0 Å². The predicted octanol–water partition coefficient (Wildman–Crippen LogP) is 2.20. The summed E-state index contributed by atoms with van der Waals surface area (Å²) in [5.41, 5.74) is 2.04. The first-order chi connectivity index (χ1) is 14.1. The molecule has 3 heterocycles. The van der Waals surface area contributed by atoms with Gasteiger partial charge in [0.1, 0.15) is 0 Å². The SMILES string of the molecule is CCOc1ccc(N2CCN(C(=O)C(=O)c3c(C)[nH]c4ccccc34)CC2)nn1. The van der Waals surface area contributed by atoms with Crippen molar-refractivity contribution in [1.82, 2.24) is 20.1 Å². The number of rotatable bonds is 5. The van der Waals surface area contributed by atoms with Crippen molar-refractivity contribution in [2.75, 3.05) is 37.7 Å². The molecule has 0 aliphatic carbocycles. The maximum atomic E-state index is 12.9. The summed E-state index contributed by atoms with van der Waals surface area (Å²) < 4.78 is 5.31. The van der Waals surface area contributed by atoms with E-state index in [2.05, 4.69) is 15.2 Å². The molecule has 29 heavy (non-hydrogen) atoms. The minimum atomic E-state index is -0.464. The second kappa shape index (κ2) is 7.90. The topological polar surface area (TPSA) is 91.4 Å². The van der Waals surface area contributed by atoms with E-state index in [0.717, 1.165) is 16.7 Å². The Morgan fingerprint density at radius 3 is 2.52 bits per heavy atom. The highest BCUT2D eigenvalue weighted by Crippen LogP contribution is 2.23. The van der Waals surface area contributed by atoms with Gasteiger partial charge in [-0.3, -0.25) is 9.59 Å². The molecule has 1 aliphatic rings. The number of anilines is 1. The van der Waals surface area contributed by atoms with Crippen molar-refractivity contribution in [2.45, 2.75) is 13.8 Å². The number of ketones is 1. The molecular weight excluding hydrogens is 370 g/mol. The first-order valence-corrected chi connectivity index (χ1v) is 9.71. The van der Waals surface area contributed by atoms with Crippen LogP contribution in [0.4, 0.5) is 5.82 Å². The number of nitrogens with zero attached hydrogens (tertiary/aromatic N) is 4. The molecular formula is C21H23N5O3. The predicted molar refractivity (Wildman–Crippen MR) is 109 cm³/mol. The van der Waals surface area contributed by atoms with Gasteiger partial charge in [0.25, 0.3) is 11.7 Å². The number of carbonyl (C=O) groups is 2. The molecule has 1 fully saturated rings. The van der Waals surface area contributed by atoms with E-state index in [0.29, 0.717) is 49.9 Å². The van der Waals surface area contributed by atoms with Crippen LogP contribution < -0.4 is 9.64 Å². The van der Waals surface area contributed by atoms with E-state index < -0.39 is 11.7 Å². The zero-order chi connectivity index (χ0) is 20.4. The Balaban J connectivity index is 1.43. The van der Waals surface area contributed by atoms with Crippen LogP contribution >= 0.6 is 0 Å². The van der Waals surface area contributed by atoms with Gasteiger partial charge >= 0.3 is 0 Å². The molecule has 0 saturated carbocycles. The third-order valence-electron chi connectivity index (χ3n) is 5.12. The molecule has 1 aromatic carbocycles. The smallest absolute Gasteiger partial charge is 0.295 e. The van der Waals surface area contributed by atoms with Crippen molar-refractivity contribution in [3.63, 3.8) is 0 Å². The van der Waals surface area contributed by atoms with Crippen molar-refractivity contribution in [3.05, 3.63) is 47.7 Å². The fourth-order valence-corrected chi connectivity index (χ4v) is 3.66. The number of aromatic amines is 1. The van der Waals surface area contributed by atoms with Gasteiger partial charge in [-0.2, -0.15) is 0 Å². The van der Waals surface area contributed by atoms with E-state index in [1.165, 1.54) is 0 Å². The number of hydrogen-bond acceptors (Lipinski definition) is 6. The molecule has 1 N–H and O–H groups in total. The van der Waals surface area contributed by atoms with Crippen LogP contribution in [0.25, 0.3) is 10.9 Å². The van der Waals surface area contributed by atoms with Crippen molar-refractivity contribution in [1.29, 1.82) is 0 Å². The summed E-state index contributed by atoms with van der Waals surface area (Å²) in [6.07, 6.45) is 0. The first kappa shape index (κ1) is 18.9. The molecule has 1 saturated heterocycles. The van der Waals surface area contributed by atoms with Gasteiger partial charge in [-0.1, -0.05) is 18.2 Å². The van der Waals surface area contributed by atoms with Gasteiger partial charge in [-0.25, -0.2) is 0 Å². The molecule has 2 aromatic heterocycles. The van der Waals surface area contributed by atoms with Crippen LogP contribution in [0.1, 0.15) is 23.0 Å². The van der Waals surface area contributed by atoms with Crippen LogP contribution in [0, 0.1) is 6.92 Å². The third kappa shape index (κ3) is 3.65. The lowest BCUT2D eigenvalue weighted by Gasteiger charge is -2.34. The number of aromatic nitrogens is 3. The van der Waals surface area contributed by atoms with E-state index in [1.807, 2.05) is 49.1 Å². The van der Waals surface area contributed by atoms with E-state index >= 15 is 0 Å². The number of ether oxygens (including phenoxy) is 1. The van der Waals surface area contributed by atoms with Crippen LogP contribution in [0.3, 0.4) is 0 Å². The molecule has 0 bridgehead atoms. The van der Waals surface area contributed by atoms with Gasteiger partial charge < -0.3 is 19.5 Å². The summed E-state index contributed by atoms with van der Waals surface area (Å²) in [4.78, 5) is 32.6. The third-order valence-corrected chi connectivity index (χ3v) is 5.12. The fourth-order valence-electron chi connectivity index (χ4n) is 3.66. The maximum absolute atomic E-state index is 12.9.